The number of hydrogen-bond donors (Lipinski definition) is 2. The van der Waals surface area contributed by atoms with Crippen LogP contribution in [-0.4, -0.2) is 30.3 Å². The molecule has 0 saturated carbocycles. The van der Waals surface area contributed by atoms with Crippen molar-refractivity contribution in [3.63, 3.8) is 0 Å². The summed E-state index contributed by atoms with van der Waals surface area (Å²) >= 11 is 2.21. The first-order valence-electron chi connectivity index (χ1n) is 11.1. The van der Waals surface area contributed by atoms with Crippen molar-refractivity contribution in [2.24, 2.45) is 0 Å². The number of alkyl halides is 12. The van der Waals surface area contributed by atoms with Crippen LogP contribution < -0.4 is 10.6 Å². The number of hydrogen-bond acceptors (Lipinski definition) is 2. The molecule has 232 valence electrons. The Morgan fingerprint density at radius 3 is 1.72 bits per heavy atom. The molecule has 2 N–H and O–H groups in total. The molecule has 0 fully saturated rings. The highest BCUT2D eigenvalue weighted by Gasteiger charge is 2.74. The minimum Gasteiger partial charge on any atom is -0.320 e. The minimum atomic E-state index is -6.89. The lowest BCUT2D eigenvalue weighted by atomic mass is 9.90. The highest BCUT2D eigenvalue weighted by Crippen LogP contribution is 2.56. The van der Waals surface area contributed by atoms with E-state index in [1.54, 1.807) is 6.07 Å². The Labute approximate surface area is 240 Å². The van der Waals surface area contributed by atoms with Crippen molar-refractivity contribution in [2.45, 2.75) is 30.1 Å². The third-order valence-electron chi connectivity index (χ3n) is 5.73. The molecule has 0 spiro atoms. The van der Waals surface area contributed by atoms with Crippen molar-refractivity contribution in [3.8, 4) is 0 Å². The number of amides is 2. The molecule has 3 aromatic rings. The standard InChI is InChI=1S/C25H12BrF13N2O2/c26-15-10-12(21(28,23(31,32)33)24(34,35)36)9-14(22(29,30)25(37,38)39)18(15)41-20(43)13-7-4-8-16(17(13)27)40-19(42)11-5-2-1-3-6-11/h1-10H,(H,40,42)(H,41,43). The molecule has 0 aliphatic rings. The monoisotopic (exact) mass is 698 g/mol. The molecule has 0 atom stereocenters. The van der Waals surface area contributed by atoms with Crippen molar-refractivity contribution in [1.29, 1.82) is 0 Å². The number of carbonyl (C=O) groups excluding carboxylic acids is 2. The van der Waals surface area contributed by atoms with E-state index in [1.165, 1.54) is 29.6 Å². The molecule has 18 heteroatoms. The zero-order chi connectivity index (χ0) is 32.8. The maximum atomic E-state index is 15.1. The summed E-state index contributed by atoms with van der Waals surface area (Å²) in [5.41, 5.74) is -15.4. The van der Waals surface area contributed by atoms with E-state index in [-0.39, 0.29) is 5.56 Å². The van der Waals surface area contributed by atoms with Gasteiger partial charge in [0, 0.05) is 15.6 Å². The van der Waals surface area contributed by atoms with Gasteiger partial charge in [0.25, 0.3) is 11.8 Å². The van der Waals surface area contributed by atoms with Gasteiger partial charge in [0.1, 0.15) is 0 Å². The second-order valence-corrected chi connectivity index (χ2v) is 9.40. The van der Waals surface area contributed by atoms with Crippen LogP contribution in [0.1, 0.15) is 31.8 Å². The Balaban J connectivity index is 2.15. The predicted octanol–water partition coefficient (Wildman–Crippen LogP) is 9.04. The molecule has 2 amide bonds. The molecule has 43 heavy (non-hydrogen) atoms. The van der Waals surface area contributed by atoms with E-state index in [2.05, 4.69) is 21.2 Å². The van der Waals surface area contributed by atoms with Gasteiger partial charge in [0.05, 0.1) is 22.5 Å². The van der Waals surface area contributed by atoms with Crippen LogP contribution in [0.4, 0.5) is 68.5 Å². The average molecular weight is 699 g/mol. The number of rotatable bonds is 6. The first-order valence-corrected chi connectivity index (χ1v) is 11.9. The first kappa shape index (κ1) is 33.7. The summed E-state index contributed by atoms with van der Waals surface area (Å²) in [6.07, 6.45) is -20.5. The van der Waals surface area contributed by atoms with Crippen LogP contribution in [0.2, 0.25) is 0 Å². The fourth-order valence-corrected chi connectivity index (χ4v) is 4.15. The third-order valence-corrected chi connectivity index (χ3v) is 6.36. The van der Waals surface area contributed by atoms with E-state index in [9.17, 15) is 62.3 Å². The fourth-order valence-electron chi connectivity index (χ4n) is 3.59. The van der Waals surface area contributed by atoms with Gasteiger partial charge in [0.15, 0.2) is 5.82 Å². The molecule has 0 heterocycles. The Morgan fingerprint density at radius 2 is 1.21 bits per heavy atom. The van der Waals surface area contributed by atoms with Gasteiger partial charge >= 0.3 is 30.1 Å². The lowest BCUT2D eigenvalue weighted by molar-refractivity contribution is -0.348. The first-order chi connectivity index (χ1) is 19.5. The van der Waals surface area contributed by atoms with Crippen molar-refractivity contribution in [1.82, 2.24) is 0 Å². The van der Waals surface area contributed by atoms with Crippen molar-refractivity contribution in [2.75, 3.05) is 10.6 Å². The third kappa shape index (κ3) is 6.28. The van der Waals surface area contributed by atoms with Crippen LogP contribution in [0.3, 0.4) is 0 Å². The summed E-state index contributed by atoms with van der Waals surface area (Å²) in [4.78, 5) is 25.1. The molecule has 0 radical (unpaired) electrons. The van der Waals surface area contributed by atoms with Gasteiger partial charge in [-0.3, -0.25) is 9.59 Å². The zero-order valence-electron chi connectivity index (χ0n) is 20.4. The largest absolute Gasteiger partial charge is 0.458 e. The van der Waals surface area contributed by atoms with E-state index in [1.807, 2.05) is 0 Å². The predicted molar refractivity (Wildman–Crippen MR) is 128 cm³/mol. The van der Waals surface area contributed by atoms with E-state index in [0.717, 1.165) is 12.1 Å². The van der Waals surface area contributed by atoms with Crippen LogP contribution in [-0.2, 0) is 11.6 Å². The fraction of sp³-hybridized carbons (Fsp3) is 0.200. The highest BCUT2D eigenvalue weighted by molar-refractivity contribution is 9.10. The molecular weight excluding hydrogens is 687 g/mol. The maximum absolute atomic E-state index is 15.1. The number of halogens is 14. The molecule has 3 rings (SSSR count). The van der Waals surface area contributed by atoms with E-state index in [4.69, 9.17) is 0 Å². The van der Waals surface area contributed by atoms with Gasteiger partial charge in [0.2, 0.25) is 0 Å². The van der Waals surface area contributed by atoms with Crippen LogP contribution in [0.25, 0.3) is 0 Å². The Morgan fingerprint density at radius 1 is 0.651 bits per heavy atom. The molecule has 0 unspecified atom stereocenters. The minimum absolute atomic E-state index is 0.0152. The van der Waals surface area contributed by atoms with Crippen molar-refractivity contribution in [3.05, 3.63) is 93.2 Å². The maximum Gasteiger partial charge on any atom is 0.458 e. The topological polar surface area (TPSA) is 58.2 Å². The zero-order valence-corrected chi connectivity index (χ0v) is 22.0. The van der Waals surface area contributed by atoms with Crippen LogP contribution >= 0.6 is 15.9 Å². The molecule has 0 bridgehead atoms. The second kappa shape index (κ2) is 11.3. The lowest BCUT2D eigenvalue weighted by Crippen LogP contribution is -2.50. The Hall–Kier alpha value is -3.83. The molecule has 0 aliphatic heterocycles. The van der Waals surface area contributed by atoms with E-state index >= 15 is 4.39 Å². The van der Waals surface area contributed by atoms with E-state index < -0.39 is 92.4 Å². The SMILES string of the molecule is O=C(Nc1cccc(C(=O)Nc2c(Br)cc(C(F)(C(F)(F)F)C(F)(F)F)cc2C(F)(F)C(F)(F)F)c1F)c1ccccc1. The average Bonchev–Trinajstić information content (AvgIpc) is 2.88. The molecule has 0 aromatic heterocycles. The van der Waals surface area contributed by atoms with Gasteiger partial charge in [-0.1, -0.05) is 24.3 Å². The van der Waals surface area contributed by atoms with E-state index in [0.29, 0.717) is 6.07 Å². The molecule has 3 aromatic carbocycles. The molecular formula is C25H12BrF13N2O2. The number of nitrogens with one attached hydrogen (secondary N) is 2. The van der Waals surface area contributed by atoms with Gasteiger partial charge < -0.3 is 10.6 Å². The number of anilines is 2. The normalized spacial score (nSPS) is 13.1. The lowest BCUT2D eigenvalue weighted by Gasteiger charge is -2.32. The summed E-state index contributed by atoms with van der Waals surface area (Å²) < 4.78 is 176. The van der Waals surface area contributed by atoms with Crippen LogP contribution in [0.5, 0.6) is 0 Å². The van der Waals surface area contributed by atoms with Crippen LogP contribution in [0, 0.1) is 5.82 Å². The highest BCUT2D eigenvalue weighted by atomic mass is 79.9. The van der Waals surface area contributed by atoms with Crippen molar-refractivity contribution < 1.29 is 66.7 Å². The number of carbonyl (C=O) groups is 2. The van der Waals surface area contributed by atoms with Crippen molar-refractivity contribution >= 4 is 39.1 Å². The van der Waals surface area contributed by atoms with Gasteiger partial charge in [-0.2, -0.15) is 48.3 Å². The summed E-state index contributed by atoms with van der Waals surface area (Å²) in [6.45, 7) is 0. The van der Waals surface area contributed by atoms with Gasteiger partial charge in [-0.15, -0.1) is 0 Å². The Bertz CT molecular complexity index is 1520. The van der Waals surface area contributed by atoms with Crippen LogP contribution in [0.15, 0.2) is 65.1 Å². The molecule has 4 nitrogen and oxygen atoms in total. The summed E-state index contributed by atoms with van der Waals surface area (Å²) in [5, 5.41) is 3.46. The molecule has 0 aliphatic carbocycles. The second-order valence-electron chi connectivity index (χ2n) is 8.55. The van der Waals surface area contributed by atoms with Gasteiger partial charge in [-0.05, 0) is 52.3 Å². The van der Waals surface area contributed by atoms with Gasteiger partial charge in [-0.25, -0.2) is 8.78 Å². The Kier molecular flexibility index (Phi) is 8.89. The summed E-state index contributed by atoms with van der Waals surface area (Å²) in [7, 11) is 0. The number of benzene rings is 3. The molecule has 0 saturated heterocycles. The summed E-state index contributed by atoms with van der Waals surface area (Å²) in [5.74, 6) is -10.6. The summed E-state index contributed by atoms with van der Waals surface area (Å²) in [6, 6.07) is 8.12. The smallest absolute Gasteiger partial charge is 0.320 e. The quantitative estimate of drug-likeness (QED) is 0.253.